The number of aromatic nitrogens is 1. The van der Waals surface area contributed by atoms with Crippen LogP contribution in [0.4, 0.5) is 0 Å². The number of nitrogens with zero attached hydrogens (tertiary/aromatic N) is 4. The van der Waals surface area contributed by atoms with Crippen LogP contribution >= 0.6 is 0 Å². The summed E-state index contributed by atoms with van der Waals surface area (Å²) in [5.41, 5.74) is 2.62. The predicted molar refractivity (Wildman–Crippen MR) is 89.1 cm³/mol. The Hall–Kier alpha value is -3.33. The van der Waals surface area contributed by atoms with Crippen LogP contribution in [0.5, 0.6) is 5.75 Å². The van der Waals surface area contributed by atoms with Gasteiger partial charge in [0.1, 0.15) is 18.4 Å². The molecule has 0 saturated heterocycles. The van der Waals surface area contributed by atoms with E-state index in [1.165, 1.54) is 0 Å². The van der Waals surface area contributed by atoms with E-state index in [-0.39, 0.29) is 18.8 Å². The lowest BCUT2D eigenvalue weighted by Crippen LogP contribution is -2.16. The highest BCUT2D eigenvalue weighted by atomic mass is 16.5. The van der Waals surface area contributed by atoms with Gasteiger partial charge in [0.15, 0.2) is 5.78 Å². The minimum Gasteiger partial charge on any atom is -0.484 e. The topological polar surface area (TPSA) is 87.7 Å². The molecule has 0 unspecified atom stereocenters. The molecule has 0 saturated carbocycles. The molecule has 0 aliphatic carbocycles. The Morgan fingerprint density at radius 2 is 2.00 bits per heavy atom. The van der Waals surface area contributed by atoms with E-state index < -0.39 is 0 Å². The maximum Gasteiger partial charge on any atom is 0.175 e. The van der Waals surface area contributed by atoms with Crippen molar-refractivity contribution in [2.45, 2.75) is 12.8 Å². The zero-order chi connectivity index (χ0) is 16.8. The number of ether oxygens (including phenoxy) is 1. The summed E-state index contributed by atoms with van der Waals surface area (Å²) in [6.45, 7) is -0.101. The molecule has 0 amide bonds. The number of hydrogen-bond acceptors (Lipinski definition) is 6. The molecular weight excluding hydrogens is 304 g/mol. The van der Waals surface area contributed by atoms with Gasteiger partial charge in [0, 0.05) is 12.6 Å². The third-order valence-electron chi connectivity index (χ3n) is 3.44. The van der Waals surface area contributed by atoms with Gasteiger partial charge in [0.2, 0.25) is 0 Å². The van der Waals surface area contributed by atoms with Crippen molar-refractivity contribution in [3.8, 4) is 11.8 Å². The number of rotatable bonds is 6. The fourth-order valence-electron chi connectivity index (χ4n) is 2.29. The average molecular weight is 318 g/mol. The van der Waals surface area contributed by atoms with Gasteiger partial charge >= 0.3 is 0 Å². The Balaban J connectivity index is 1.51. The first kappa shape index (κ1) is 15.6. The van der Waals surface area contributed by atoms with Crippen molar-refractivity contribution in [1.82, 2.24) is 4.98 Å². The summed E-state index contributed by atoms with van der Waals surface area (Å²) in [5.74, 6) is 0.297. The first-order valence-electron chi connectivity index (χ1n) is 7.43. The van der Waals surface area contributed by atoms with Crippen LogP contribution in [0, 0.1) is 11.3 Å². The van der Waals surface area contributed by atoms with Crippen molar-refractivity contribution < 1.29 is 9.53 Å². The second-order valence-corrected chi connectivity index (χ2v) is 5.22. The third kappa shape index (κ3) is 3.70. The quantitative estimate of drug-likeness (QED) is 0.819. The summed E-state index contributed by atoms with van der Waals surface area (Å²) in [6.07, 6.45) is 2.38. The molecule has 1 aliphatic heterocycles. The first-order valence-corrected chi connectivity index (χ1v) is 7.43. The number of carbonyl (C=O) groups is 1. The van der Waals surface area contributed by atoms with Gasteiger partial charge < -0.3 is 4.74 Å². The summed E-state index contributed by atoms with van der Waals surface area (Å²) in [7, 11) is 0. The van der Waals surface area contributed by atoms with E-state index in [4.69, 9.17) is 10.00 Å². The predicted octanol–water partition coefficient (Wildman–Crippen LogP) is 2.54. The van der Waals surface area contributed by atoms with Crippen molar-refractivity contribution in [2.24, 2.45) is 10.2 Å². The number of para-hydroxylation sites is 1. The Morgan fingerprint density at radius 1 is 1.17 bits per heavy atom. The van der Waals surface area contributed by atoms with Gasteiger partial charge in [-0.15, -0.1) is 0 Å². The van der Waals surface area contributed by atoms with Gasteiger partial charge in [-0.05, 0) is 24.3 Å². The smallest absolute Gasteiger partial charge is 0.175 e. The number of benzene rings is 1. The molecule has 118 valence electrons. The first-order chi connectivity index (χ1) is 11.8. The normalized spacial score (nSPS) is 13.0. The highest BCUT2D eigenvalue weighted by molar-refractivity contribution is 6.18. The largest absolute Gasteiger partial charge is 0.484 e. The van der Waals surface area contributed by atoms with E-state index in [1.807, 2.05) is 24.3 Å². The number of Topliss-reactive ketones (excluding diaryl/α,β-unsaturated/α-hetero) is 1. The zero-order valence-electron chi connectivity index (χ0n) is 12.8. The minimum atomic E-state index is -0.112. The molecule has 0 bridgehead atoms. The lowest BCUT2D eigenvalue weighted by molar-refractivity contribution is -0.119. The Labute approximate surface area is 139 Å². The lowest BCUT2D eigenvalue weighted by Gasteiger charge is -2.06. The van der Waals surface area contributed by atoms with Crippen molar-refractivity contribution in [1.29, 1.82) is 5.26 Å². The van der Waals surface area contributed by atoms with Crippen molar-refractivity contribution >= 4 is 17.2 Å². The number of hydrogen-bond donors (Lipinski definition) is 0. The van der Waals surface area contributed by atoms with Gasteiger partial charge in [-0.3, -0.25) is 9.78 Å². The SMILES string of the molecule is N#Cc1ccccc1OCC(=O)CC1=NN=C(c2ccccn2)C1. The third-order valence-corrected chi connectivity index (χ3v) is 3.44. The zero-order valence-corrected chi connectivity index (χ0v) is 12.8. The Kier molecular flexibility index (Phi) is 4.73. The van der Waals surface area contributed by atoms with Crippen LogP contribution in [-0.2, 0) is 4.79 Å². The molecule has 0 N–H and O–H groups in total. The number of nitriles is 1. The molecule has 2 aromatic rings. The van der Waals surface area contributed by atoms with Gasteiger partial charge in [-0.25, -0.2) is 0 Å². The number of pyridine rings is 1. The van der Waals surface area contributed by atoms with E-state index in [0.29, 0.717) is 23.4 Å². The van der Waals surface area contributed by atoms with Crippen LogP contribution in [0.2, 0.25) is 0 Å². The molecule has 0 radical (unpaired) electrons. The number of carbonyl (C=O) groups excluding carboxylic acids is 1. The van der Waals surface area contributed by atoms with E-state index >= 15 is 0 Å². The van der Waals surface area contributed by atoms with Gasteiger partial charge in [-0.1, -0.05) is 18.2 Å². The van der Waals surface area contributed by atoms with Crippen molar-refractivity contribution in [3.63, 3.8) is 0 Å². The minimum absolute atomic E-state index is 0.101. The van der Waals surface area contributed by atoms with Gasteiger partial charge in [0.25, 0.3) is 0 Å². The second kappa shape index (κ2) is 7.29. The molecule has 0 spiro atoms. The van der Waals surface area contributed by atoms with Crippen molar-refractivity contribution in [2.75, 3.05) is 6.61 Å². The number of ketones is 1. The molecule has 0 fully saturated rings. The van der Waals surface area contributed by atoms with Crippen molar-refractivity contribution in [3.05, 3.63) is 59.9 Å². The molecule has 6 heteroatoms. The van der Waals surface area contributed by atoms with Crippen LogP contribution in [-0.4, -0.2) is 28.8 Å². The molecular formula is C18H14N4O2. The van der Waals surface area contributed by atoms with E-state index in [1.54, 1.807) is 30.5 Å². The van der Waals surface area contributed by atoms with Gasteiger partial charge in [0.05, 0.1) is 29.1 Å². The molecule has 1 aromatic carbocycles. The summed E-state index contributed by atoms with van der Waals surface area (Å²) >= 11 is 0. The lowest BCUT2D eigenvalue weighted by atomic mass is 10.1. The van der Waals surface area contributed by atoms with Gasteiger partial charge in [-0.2, -0.15) is 15.5 Å². The standard InChI is InChI=1S/C18H14N4O2/c19-11-13-5-1-2-7-18(13)24-12-15(23)9-14-10-17(22-21-14)16-6-3-4-8-20-16/h1-8H,9-10,12H2. The van der Waals surface area contributed by atoms with E-state index in [0.717, 1.165) is 11.4 Å². The van der Waals surface area contributed by atoms with Crippen LogP contribution in [0.1, 0.15) is 24.1 Å². The summed E-state index contributed by atoms with van der Waals surface area (Å²) in [4.78, 5) is 16.3. The summed E-state index contributed by atoms with van der Waals surface area (Å²) in [6, 6.07) is 14.4. The van der Waals surface area contributed by atoms with E-state index in [9.17, 15) is 4.79 Å². The second-order valence-electron chi connectivity index (χ2n) is 5.22. The molecule has 0 atom stereocenters. The fourth-order valence-corrected chi connectivity index (χ4v) is 2.29. The van der Waals surface area contributed by atoms with Crippen LogP contribution in [0.3, 0.4) is 0 Å². The summed E-state index contributed by atoms with van der Waals surface area (Å²) in [5, 5.41) is 17.1. The highest BCUT2D eigenvalue weighted by Gasteiger charge is 2.18. The highest BCUT2D eigenvalue weighted by Crippen LogP contribution is 2.17. The fraction of sp³-hybridized carbons (Fsp3) is 0.167. The molecule has 3 rings (SSSR count). The molecule has 6 nitrogen and oxygen atoms in total. The maximum atomic E-state index is 12.1. The van der Waals surface area contributed by atoms with E-state index in [2.05, 4.69) is 15.2 Å². The Morgan fingerprint density at radius 3 is 2.79 bits per heavy atom. The average Bonchev–Trinajstić information content (AvgIpc) is 3.09. The molecule has 2 heterocycles. The van der Waals surface area contributed by atoms with Crippen LogP contribution < -0.4 is 4.74 Å². The molecule has 1 aromatic heterocycles. The monoisotopic (exact) mass is 318 g/mol. The van der Waals surface area contributed by atoms with Crippen LogP contribution in [0.25, 0.3) is 0 Å². The molecule has 1 aliphatic rings. The molecule has 24 heavy (non-hydrogen) atoms. The van der Waals surface area contributed by atoms with Crippen LogP contribution in [0.15, 0.2) is 58.9 Å². The summed E-state index contributed by atoms with van der Waals surface area (Å²) < 4.78 is 5.43. The Bertz CT molecular complexity index is 851. The maximum absolute atomic E-state index is 12.1.